The van der Waals surface area contributed by atoms with E-state index in [0.29, 0.717) is 6.54 Å². The van der Waals surface area contributed by atoms with Crippen molar-refractivity contribution in [1.29, 1.82) is 0 Å². The molecule has 2 rings (SSSR count). The van der Waals surface area contributed by atoms with Gasteiger partial charge in [0.15, 0.2) is 0 Å². The zero-order chi connectivity index (χ0) is 11.9. The van der Waals surface area contributed by atoms with Crippen molar-refractivity contribution in [2.24, 2.45) is 7.05 Å². The Labute approximate surface area is 100 Å². The number of hydrogen-bond donors (Lipinski definition) is 0. The minimum Gasteiger partial charge on any atom is -0.335 e. The molecule has 1 aromatic heterocycles. The van der Waals surface area contributed by atoms with E-state index >= 15 is 0 Å². The van der Waals surface area contributed by atoms with Gasteiger partial charge in [0.25, 0.3) is 0 Å². The number of rotatable bonds is 1. The van der Waals surface area contributed by atoms with E-state index in [9.17, 15) is 4.79 Å². The largest absolute Gasteiger partial charge is 0.335 e. The van der Waals surface area contributed by atoms with Crippen molar-refractivity contribution >= 4 is 17.5 Å². The maximum Gasteiger partial charge on any atom is 0.240 e. The molecule has 0 saturated heterocycles. The average molecular weight is 242 g/mol. The number of carbonyl (C=O) groups is 1. The summed E-state index contributed by atoms with van der Waals surface area (Å²) in [6.45, 7) is 5.10. The van der Waals surface area contributed by atoms with Crippen molar-refractivity contribution in [2.45, 2.75) is 32.2 Å². The lowest BCUT2D eigenvalue weighted by molar-refractivity contribution is -0.131. The molecule has 5 heteroatoms. The highest BCUT2D eigenvalue weighted by Crippen LogP contribution is 2.22. The van der Waals surface area contributed by atoms with Crippen LogP contribution in [0.1, 0.15) is 23.9 Å². The van der Waals surface area contributed by atoms with E-state index in [1.807, 2.05) is 18.7 Å². The zero-order valence-corrected chi connectivity index (χ0v) is 10.6. The Kier molecular flexibility index (Phi) is 2.93. The fraction of sp³-hybridized carbons (Fsp3) is 0.636. The van der Waals surface area contributed by atoms with Crippen molar-refractivity contribution in [3.05, 3.63) is 17.0 Å². The van der Waals surface area contributed by atoms with Gasteiger partial charge in [0.2, 0.25) is 5.91 Å². The van der Waals surface area contributed by atoms with Gasteiger partial charge in [-0.1, -0.05) is 0 Å². The second-order valence-corrected chi connectivity index (χ2v) is 4.91. The molecule has 88 valence electrons. The van der Waals surface area contributed by atoms with E-state index < -0.39 is 5.38 Å². The normalized spacial score (nSPS) is 17.1. The Morgan fingerprint density at radius 2 is 2.25 bits per heavy atom. The summed E-state index contributed by atoms with van der Waals surface area (Å²) in [5.41, 5.74) is 3.49. The van der Waals surface area contributed by atoms with Crippen molar-refractivity contribution in [3.8, 4) is 0 Å². The van der Waals surface area contributed by atoms with E-state index in [4.69, 9.17) is 11.6 Å². The van der Waals surface area contributed by atoms with Crippen LogP contribution in [0.15, 0.2) is 0 Å². The van der Waals surface area contributed by atoms with Crippen LogP contribution in [0, 0.1) is 6.92 Å². The lowest BCUT2D eigenvalue weighted by Crippen LogP contribution is -2.40. The Morgan fingerprint density at radius 3 is 2.88 bits per heavy atom. The number of nitrogens with zero attached hydrogens (tertiary/aromatic N) is 3. The van der Waals surface area contributed by atoms with E-state index in [1.165, 1.54) is 5.56 Å². The maximum absolute atomic E-state index is 11.8. The van der Waals surface area contributed by atoms with Crippen LogP contribution >= 0.6 is 11.6 Å². The Morgan fingerprint density at radius 1 is 1.56 bits per heavy atom. The smallest absolute Gasteiger partial charge is 0.240 e. The van der Waals surface area contributed by atoms with Crippen molar-refractivity contribution < 1.29 is 4.79 Å². The second kappa shape index (κ2) is 4.09. The van der Waals surface area contributed by atoms with Crippen LogP contribution in [0.25, 0.3) is 0 Å². The van der Waals surface area contributed by atoms with Gasteiger partial charge < -0.3 is 4.90 Å². The van der Waals surface area contributed by atoms with E-state index in [0.717, 1.165) is 24.4 Å². The first-order valence-electron chi connectivity index (χ1n) is 5.45. The van der Waals surface area contributed by atoms with Crippen LogP contribution in [0.5, 0.6) is 0 Å². The van der Waals surface area contributed by atoms with E-state index in [-0.39, 0.29) is 5.91 Å². The first-order valence-corrected chi connectivity index (χ1v) is 5.88. The molecular weight excluding hydrogens is 226 g/mol. The molecule has 1 unspecified atom stereocenters. The highest BCUT2D eigenvalue weighted by atomic mass is 35.5. The highest BCUT2D eigenvalue weighted by molar-refractivity contribution is 6.30. The molecule has 1 aromatic rings. The number of aromatic nitrogens is 2. The van der Waals surface area contributed by atoms with Gasteiger partial charge in [-0.3, -0.25) is 9.48 Å². The second-order valence-electron chi connectivity index (χ2n) is 4.26. The highest BCUT2D eigenvalue weighted by Gasteiger charge is 2.26. The average Bonchev–Trinajstić information content (AvgIpc) is 2.53. The Hall–Kier alpha value is -1.03. The monoisotopic (exact) mass is 241 g/mol. The van der Waals surface area contributed by atoms with Crippen molar-refractivity contribution in [3.63, 3.8) is 0 Å². The van der Waals surface area contributed by atoms with Crippen LogP contribution in [0.2, 0.25) is 0 Å². The molecule has 0 bridgehead atoms. The van der Waals surface area contributed by atoms with Gasteiger partial charge in [-0.05, 0) is 25.8 Å². The molecule has 0 spiro atoms. The van der Waals surface area contributed by atoms with Crippen LogP contribution in [-0.2, 0) is 24.8 Å². The van der Waals surface area contributed by atoms with Gasteiger partial charge in [0.1, 0.15) is 5.38 Å². The summed E-state index contributed by atoms with van der Waals surface area (Å²) < 4.78 is 1.86. The summed E-state index contributed by atoms with van der Waals surface area (Å²) >= 11 is 5.82. The van der Waals surface area contributed by atoms with Crippen LogP contribution in [0.3, 0.4) is 0 Å². The molecule has 0 fully saturated rings. The molecular formula is C11H16ClN3O. The van der Waals surface area contributed by atoms with Gasteiger partial charge in [-0.25, -0.2) is 0 Å². The molecule has 1 atom stereocenters. The van der Waals surface area contributed by atoms with Crippen molar-refractivity contribution in [1.82, 2.24) is 14.7 Å². The summed E-state index contributed by atoms with van der Waals surface area (Å²) in [5.74, 6) is 0.00571. The number of aryl methyl sites for hydroxylation is 2. The SMILES string of the molecule is Cc1nn(C)c2c1CCN(C(=O)C(C)Cl)C2. The number of amides is 1. The lowest BCUT2D eigenvalue weighted by atomic mass is 10.0. The summed E-state index contributed by atoms with van der Waals surface area (Å²) in [6.07, 6.45) is 0.879. The van der Waals surface area contributed by atoms with Gasteiger partial charge in [0.05, 0.1) is 17.9 Å². The predicted molar refractivity (Wildman–Crippen MR) is 62.4 cm³/mol. The van der Waals surface area contributed by atoms with Crippen molar-refractivity contribution in [2.75, 3.05) is 6.54 Å². The molecule has 2 heterocycles. The predicted octanol–water partition coefficient (Wildman–Crippen LogP) is 1.24. The number of fused-ring (bicyclic) bond motifs is 1. The molecule has 0 saturated carbocycles. The minimum atomic E-state index is -0.448. The van der Waals surface area contributed by atoms with Gasteiger partial charge in [0, 0.05) is 13.6 Å². The molecule has 4 nitrogen and oxygen atoms in total. The molecule has 1 aliphatic heterocycles. The first-order chi connectivity index (χ1) is 7.50. The third kappa shape index (κ3) is 1.82. The molecule has 16 heavy (non-hydrogen) atoms. The van der Waals surface area contributed by atoms with Gasteiger partial charge >= 0.3 is 0 Å². The molecule has 0 N–H and O–H groups in total. The van der Waals surface area contributed by atoms with E-state index in [1.54, 1.807) is 11.8 Å². The number of carbonyl (C=O) groups excluding carboxylic acids is 1. The van der Waals surface area contributed by atoms with E-state index in [2.05, 4.69) is 5.10 Å². The number of halogens is 1. The molecule has 0 aromatic carbocycles. The maximum atomic E-state index is 11.8. The number of alkyl halides is 1. The Balaban J connectivity index is 2.24. The third-order valence-corrected chi connectivity index (χ3v) is 3.29. The first kappa shape index (κ1) is 11.5. The molecule has 1 aliphatic rings. The third-order valence-electron chi connectivity index (χ3n) is 3.10. The fourth-order valence-electron chi connectivity index (χ4n) is 2.22. The zero-order valence-electron chi connectivity index (χ0n) is 9.83. The number of hydrogen-bond acceptors (Lipinski definition) is 2. The lowest BCUT2D eigenvalue weighted by Gasteiger charge is -2.28. The fourth-order valence-corrected chi connectivity index (χ4v) is 2.36. The van der Waals surface area contributed by atoms with Crippen LogP contribution in [-0.4, -0.2) is 32.5 Å². The molecule has 0 aliphatic carbocycles. The Bertz CT molecular complexity index is 425. The summed E-state index contributed by atoms with van der Waals surface area (Å²) in [4.78, 5) is 13.6. The summed E-state index contributed by atoms with van der Waals surface area (Å²) in [7, 11) is 1.92. The van der Waals surface area contributed by atoms with Gasteiger partial charge in [-0.15, -0.1) is 11.6 Å². The molecule has 1 amide bonds. The minimum absolute atomic E-state index is 0.00571. The summed E-state index contributed by atoms with van der Waals surface area (Å²) in [5, 5.41) is 3.93. The molecule has 0 radical (unpaired) electrons. The van der Waals surface area contributed by atoms with Crippen LogP contribution < -0.4 is 0 Å². The topological polar surface area (TPSA) is 38.1 Å². The summed E-state index contributed by atoms with van der Waals surface area (Å²) in [6, 6.07) is 0. The quantitative estimate of drug-likeness (QED) is 0.694. The van der Waals surface area contributed by atoms with Crippen LogP contribution in [0.4, 0.5) is 0 Å². The van der Waals surface area contributed by atoms with Gasteiger partial charge in [-0.2, -0.15) is 5.10 Å². The standard InChI is InChI=1S/C11H16ClN3O/c1-7(12)11(16)15-5-4-9-8(2)13-14(3)10(9)6-15/h7H,4-6H2,1-3H3.